The number of halogens is 3. The SMILES string of the molecule is FC(F)(F)Oc1cccc(-c2cn(C3CNC3)nn2)c1. The molecule has 1 aliphatic rings. The fourth-order valence-electron chi connectivity index (χ4n) is 1.90. The van der Waals surface area contributed by atoms with Crippen LogP contribution in [-0.4, -0.2) is 34.4 Å². The molecule has 1 fully saturated rings. The molecule has 1 aliphatic heterocycles. The normalized spacial score (nSPS) is 15.9. The largest absolute Gasteiger partial charge is 0.573 e. The third kappa shape index (κ3) is 2.74. The minimum Gasteiger partial charge on any atom is -0.406 e. The molecule has 0 atom stereocenters. The highest BCUT2D eigenvalue weighted by Gasteiger charge is 2.31. The van der Waals surface area contributed by atoms with Gasteiger partial charge in [0.1, 0.15) is 11.4 Å². The molecule has 5 nitrogen and oxygen atoms in total. The predicted octanol–water partition coefficient (Wildman–Crippen LogP) is 1.99. The molecule has 8 heteroatoms. The molecule has 2 heterocycles. The van der Waals surface area contributed by atoms with E-state index in [0.717, 1.165) is 13.1 Å². The van der Waals surface area contributed by atoms with Gasteiger partial charge in [0.2, 0.25) is 0 Å². The van der Waals surface area contributed by atoms with Crippen LogP contribution in [0.1, 0.15) is 6.04 Å². The molecule has 2 aromatic rings. The summed E-state index contributed by atoms with van der Waals surface area (Å²) in [6.45, 7) is 1.64. The molecule has 0 spiro atoms. The molecule has 20 heavy (non-hydrogen) atoms. The maximum absolute atomic E-state index is 12.2. The van der Waals surface area contributed by atoms with E-state index < -0.39 is 6.36 Å². The van der Waals surface area contributed by atoms with Crippen LogP contribution in [0.2, 0.25) is 0 Å². The van der Waals surface area contributed by atoms with Crippen molar-refractivity contribution in [1.29, 1.82) is 0 Å². The lowest BCUT2D eigenvalue weighted by Gasteiger charge is -2.26. The Hall–Kier alpha value is -2.09. The second-order valence-corrected chi connectivity index (χ2v) is 4.47. The topological polar surface area (TPSA) is 52.0 Å². The van der Waals surface area contributed by atoms with Crippen molar-refractivity contribution in [2.75, 3.05) is 13.1 Å². The molecule has 3 rings (SSSR count). The number of ether oxygens (including phenoxy) is 1. The molecule has 1 saturated heterocycles. The van der Waals surface area contributed by atoms with E-state index in [-0.39, 0.29) is 11.8 Å². The Morgan fingerprint density at radius 3 is 2.75 bits per heavy atom. The third-order valence-electron chi connectivity index (χ3n) is 3.01. The van der Waals surface area contributed by atoms with E-state index in [0.29, 0.717) is 11.3 Å². The summed E-state index contributed by atoms with van der Waals surface area (Å²) >= 11 is 0. The Bertz CT molecular complexity index is 607. The van der Waals surface area contributed by atoms with Gasteiger partial charge in [-0.2, -0.15) is 0 Å². The molecule has 0 amide bonds. The average Bonchev–Trinajstić information content (AvgIpc) is 2.74. The van der Waals surface area contributed by atoms with E-state index in [1.54, 1.807) is 16.9 Å². The zero-order chi connectivity index (χ0) is 14.2. The standard InChI is InChI=1S/C12H11F3N4O/c13-12(14,15)20-10-3-1-2-8(4-10)11-7-19(18-17-11)9-5-16-6-9/h1-4,7,9,16H,5-6H2. The van der Waals surface area contributed by atoms with Crippen LogP contribution in [0.15, 0.2) is 30.5 Å². The Kier molecular flexibility index (Phi) is 3.09. The van der Waals surface area contributed by atoms with Crippen molar-refractivity contribution in [3.8, 4) is 17.0 Å². The lowest BCUT2D eigenvalue weighted by molar-refractivity contribution is -0.274. The molecule has 1 aromatic carbocycles. The van der Waals surface area contributed by atoms with Crippen LogP contribution >= 0.6 is 0 Å². The van der Waals surface area contributed by atoms with Crippen molar-refractivity contribution in [2.45, 2.75) is 12.4 Å². The number of rotatable bonds is 3. The summed E-state index contributed by atoms with van der Waals surface area (Å²) in [5, 5.41) is 11.1. The molecule has 0 saturated carbocycles. The quantitative estimate of drug-likeness (QED) is 0.936. The Balaban J connectivity index is 1.82. The minimum absolute atomic E-state index is 0.255. The van der Waals surface area contributed by atoms with E-state index in [1.807, 2.05) is 0 Å². The fourth-order valence-corrected chi connectivity index (χ4v) is 1.90. The summed E-state index contributed by atoms with van der Waals surface area (Å²) in [6, 6.07) is 5.94. The minimum atomic E-state index is -4.70. The van der Waals surface area contributed by atoms with E-state index >= 15 is 0 Å². The Morgan fingerprint density at radius 1 is 1.30 bits per heavy atom. The first-order chi connectivity index (χ1) is 9.51. The number of nitrogens with one attached hydrogen (secondary N) is 1. The van der Waals surface area contributed by atoms with E-state index in [1.165, 1.54) is 18.2 Å². The Labute approximate surface area is 112 Å². The molecular formula is C12H11F3N4O. The van der Waals surface area contributed by atoms with Crippen LogP contribution in [-0.2, 0) is 0 Å². The lowest BCUT2D eigenvalue weighted by atomic mass is 10.1. The maximum atomic E-state index is 12.2. The zero-order valence-corrected chi connectivity index (χ0v) is 10.3. The van der Waals surface area contributed by atoms with Gasteiger partial charge in [-0.25, -0.2) is 4.68 Å². The molecule has 1 N–H and O–H groups in total. The summed E-state index contributed by atoms with van der Waals surface area (Å²) in [7, 11) is 0. The van der Waals surface area contributed by atoms with Gasteiger partial charge in [0, 0.05) is 18.7 Å². The number of hydrogen-bond donors (Lipinski definition) is 1. The fraction of sp³-hybridized carbons (Fsp3) is 0.333. The molecule has 0 radical (unpaired) electrons. The van der Waals surface area contributed by atoms with Gasteiger partial charge < -0.3 is 10.1 Å². The van der Waals surface area contributed by atoms with Gasteiger partial charge in [-0.3, -0.25) is 0 Å². The summed E-state index contributed by atoms with van der Waals surface area (Å²) in [5.74, 6) is -0.269. The number of aromatic nitrogens is 3. The molecule has 106 valence electrons. The summed E-state index contributed by atoms with van der Waals surface area (Å²) in [6.07, 6.45) is -2.98. The van der Waals surface area contributed by atoms with Crippen molar-refractivity contribution < 1.29 is 17.9 Å². The third-order valence-corrected chi connectivity index (χ3v) is 3.01. The number of alkyl halides is 3. The highest BCUT2D eigenvalue weighted by atomic mass is 19.4. The summed E-state index contributed by atoms with van der Waals surface area (Å²) in [4.78, 5) is 0. The highest BCUT2D eigenvalue weighted by Crippen LogP contribution is 2.27. The zero-order valence-electron chi connectivity index (χ0n) is 10.3. The van der Waals surface area contributed by atoms with Crippen molar-refractivity contribution in [2.24, 2.45) is 0 Å². The van der Waals surface area contributed by atoms with Crippen molar-refractivity contribution in [3.05, 3.63) is 30.5 Å². The van der Waals surface area contributed by atoms with Crippen molar-refractivity contribution in [1.82, 2.24) is 20.3 Å². The Morgan fingerprint density at radius 2 is 2.10 bits per heavy atom. The van der Waals surface area contributed by atoms with Gasteiger partial charge in [0.15, 0.2) is 0 Å². The van der Waals surface area contributed by atoms with Gasteiger partial charge >= 0.3 is 6.36 Å². The number of nitrogens with zero attached hydrogens (tertiary/aromatic N) is 3. The number of hydrogen-bond acceptors (Lipinski definition) is 4. The highest BCUT2D eigenvalue weighted by molar-refractivity contribution is 5.59. The summed E-state index contributed by atoms with van der Waals surface area (Å²) in [5.41, 5.74) is 1.05. The smallest absolute Gasteiger partial charge is 0.406 e. The predicted molar refractivity (Wildman–Crippen MR) is 64.0 cm³/mol. The van der Waals surface area contributed by atoms with E-state index in [2.05, 4.69) is 20.4 Å². The van der Waals surface area contributed by atoms with E-state index in [9.17, 15) is 13.2 Å². The van der Waals surface area contributed by atoms with Crippen LogP contribution in [0.25, 0.3) is 11.3 Å². The van der Waals surface area contributed by atoms with Crippen LogP contribution in [0, 0.1) is 0 Å². The van der Waals surface area contributed by atoms with Crippen LogP contribution < -0.4 is 10.1 Å². The molecule has 0 unspecified atom stereocenters. The van der Waals surface area contributed by atoms with Gasteiger partial charge in [0.25, 0.3) is 0 Å². The maximum Gasteiger partial charge on any atom is 0.573 e. The molecule has 0 bridgehead atoms. The number of benzene rings is 1. The molecule has 1 aromatic heterocycles. The lowest BCUT2D eigenvalue weighted by Crippen LogP contribution is -2.43. The van der Waals surface area contributed by atoms with Gasteiger partial charge in [-0.05, 0) is 12.1 Å². The van der Waals surface area contributed by atoms with Crippen molar-refractivity contribution in [3.63, 3.8) is 0 Å². The second kappa shape index (κ2) is 4.78. The molecular weight excluding hydrogens is 273 g/mol. The van der Waals surface area contributed by atoms with E-state index in [4.69, 9.17) is 0 Å². The van der Waals surface area contributed by atoms with Gasteiger partial charge in [-0.1, -0.05) is 17.3 Å². The van der Waals surface area contributed by atoms with Crippen LogP contribution in [0.5, 0.6) is 5.75 Å². The average molecular weight is 284 g/mol. The summed E-state index contributed by atoms with van der Waals surface area (Å²) < 4.78 is 42.1. The first-order valence-corrected chi connectivity index (χ1v) is 6.00. The second-order valence-electron chi connectivity index (χ2n) is 4.47. The van der Waals surface area contributed by atoms with Crippen LogP contribution in [0.4, 0.5) is 13.2 Å². The van der Waals surface area contributed by atoms with Gasteiger partial charge in [0.05, 0.1) is 12.2 Å². The first-order valence-electron chi connectivity index (χ1n) is 6.00. The molecule has 0 aliphatic carbocycles. The first kappa shape index (κ1) is 12.9. The van der Waals surface area contributed by atoms with Crippen molar-refractivity contribution >= 4 is 0 Å². The monoisotopic (exact) mass is 284 g/mol. The van der Waals surface area contributed by atoms with Gasteiger partial charge in [-0.15, -0.1) is 18.3 Å². The van der Waals surface area contributed by atoms with Crippen LogP contribution in [0.3, 0.4) is 0 Å².